The van der Waals surface area contributed by atoms with Gasteiger partial charge in [-0.1, -0.05) is 48.5 Å². The fourth-order valence-electron chi connectivity index (χ4n) is 4.10. The predicted molar refractivity (Wildman–Crippen MR) is 114 cm³/mol. The lowest BCUT2D eigenvalue weighted by molar-refractivity contribution is 0.269. The molecule has 1 aliphatic rings. The highest BCUT2D eigenvalue weighted by atomic mass is 16.3. The number of nitriles is 1. The van der Waals surface area contributed by atoms with E-state index in [-0.39, 0.29) is 0 Å². The van der Waals surface area contributed by atoms with Crippen molar-refractivity contribution >= 4 is 21.5 Å². The number of fused-ring (bicyclic) bond motifs is 5. The zero-order valence-corrected chi connectivity index (χ0v) is 16.4. The van der Waals surface area contributed by atoms with Gasteiger partial charge in [-0.2, -0.15) is 5.26 Å². The van der Waals surface area contributed by atoms with Crippen molar-refractivity contribution in [3.05, 3.63) is 83.8 Å². The Morgan fingerprint density at radius 2 is 1.79 bits per heavy atom. The highest BCUT2D eigenvalue weighted by molar-refractivity contribution is 6.08. The van der Waals surface area contributed by atoms with Crippen LogP contribution < -0.4 is 0 Å². The highest BCUT2D eigenvalue weighted by Crippen LogP contribution is 2.34. The third-order valence-corrected chi connectivity index (χ3v) is 5.70. The molecule has 0 fully saturated rings. The molecule has 28 heavy (non-hydrogen) atoms. The maximum Gasteiger partial charge on any atom is 0.108 e. The van der Waals surface area contributed by atoms with E-state index < -0.39 is 0 Å². The number of nitrogens with zero attached hydrogens (tertiary/aromatic N) is 2. The van der Waals surface area contributed by atoms with Crippen LogP contribution in [0.4, 0.5) is 0 Å². The van der Waals surface area contributed by atoms with Crippen molar-refractivity contribution in [2.45, 2.75) is 25.3 Å². The molecular weight excluding hydrogens is 344 g/mol. The van der Waals surface area contributed by atoms with Crippen LogP contribution in [-0.2, 0) is 12.8 Å². The molecule has 0 N–H and O–H groups in total. The SMILES string of the molecule is CN(C)C1CCc2ccc3c(ccc4ccccc43)c2C1.N#Cc1ccoc1. The van der Waals surface area contributed by atoms with Gasteiger partial charge in [-0.05, 0) is 72.1 Å². The summed E-state index contributed by atoms with van der Waals surface area (Å²) in [5.74, 6) is 0. The molecule has 3 nitrogen and oxygen atoms in total. The Morgan fingerprint density at radius 3 is 2.50 bits per heavy atom. The van der Waals surface area contributed by atoms with Gasteiger partial charge in [0, 0.05) is 6.04 Å². The maximum absolute atomic E-state index is 8.12. The Hall–Kier alpha value is -3.09. The molecule has 0 saturated heterocycles. The summed E-state index contributed by atoms with van der Waals surface area (Å²) in [6, 6.07) is 22.2. The van der Waals surface area contributed by atoms with Gasteiger partial charge < -0.3 is 9.32 Å². The molecule has 5 rings (SSSR count). The molecule has 0 bridgehead atoms. The van der Waals surface area contributed by atoms with E-state index in [2.05, 4.69) is 71.9 Å². The number of aryl methyl sites for hydroxylation is 1. The first-order valence-corrected chi connectivity index (χ1v) is 9.68. The highest BCUT2D eigenvalue weighted by Gasteiger charge is 2.22. The van der Waals surface area contributed by atoms with Crippen LogP contribution in [0.3, 0.4) is 0 Å². The van der Waals surface area contributed by atoms with Gasteiger partial charge in [0.05, 0.1) is 11.8 Å². The van der Waals surface area contributed by atoms with E-state index in [0.29, 0.717) is 11.6 Å². The number of furan rings is 1. The lowest BCUT2D eigenvalue weighted by atomic mass is 9.84. The van der Waals surface area contributed by atoms with Crippen LogP contribution in [0.2, 0.25) is 0 Å². The van der Waals surface area contributed by atoms with Crippen molar-refractivity contribution in [1.29, 1.82) is 5.26 Å². The number of benzene rings is 3. The minimum Gasteiger partial charge on any atom is -0.471 e. The molecular formula is C25H24N2O. The molecule has 0 aliphatic heterocycles. The van der Waals surface area contributed by atoms with Crippen molar-refractivity contribution in [1.82, 2.24) is 4.90 Å². The molecule has 3 heteroatoms. The number of rotatable bonds is 1. The summed E-state index contributed by atoms with van der Waals surface area (Å²) in [5.41, 5.74) is 3.69. The van der Waals surface area contributed by atoms with Crippen molar-refractivity contribution < 1.29 is 4.42 Å². The topological polar surface area (TPSA) is 40.2 Å². The fraction of sp³-hybridized carbons (Fsp3) is 0.240. The van der Waals surface area contributed by atoms with E-state index in [1.807, 2.05) is 6.07 Å². The van der Waals surface area contributed by atoms with Crippen LogP contribution in [-0.4, -0.2) is 25.0 Å². The first-order valence-electron chi connectivity index (χ1n) is 9.68. The molecule has 1 aliphatic carbocycles. The van der Waals surface area contributed by atoms with Crippen LogP contribution in [0.5, 0.6) is 0 Å². The first-order chi connectivity index (χ1) is 13.7. The van der Waals surface area contributed by atoms with Gasteiger partial charge in [-0.3, -0.25) is 0 Å². The molecule has 4 aromatic rings. The lowest BCUT2D eigenvalue weighted by Crippen LogP contribution is -2.33. The fourth-order valence-corrected chi connectivity index (χ4v) is 4.10. The van der Waals surface area contributed by atoms with E-state index >= 15 is 0 Å². The van der Waals surface area contributed by atoms with Gasteiger partial charge in [0.15, 0.2) is 0 Å². The maximum atomic E-state index is 8.12. The van der Waals surface area contributed by atoms with E-state index in [0.717, 1.165) is 0 Å². The Morgan fingerprint density at radius 1 is 0.964 bits per heavy atom. The summed E-state index contributed by atoms with van der Waals surface area (Å²) in [4.78, 5) is 2.38. The van der Waals surface area contributed by atoms with E-state index in [1.54, 1.807) is 17.2 Å². The van der Waals surface area contributed by atoms with Gasteiger partial charge in [-0.25, -0.2) is 0 Å². The largest absolute Gasteiger partial charge is 0.471 e. The van der Waals surface area contributed by atoms with Crippen LogP contribution in [0.1, 0.15) is 23.1 Å². The summed E-state index contributed by atoms with van der Waals surface area (Å²) >= 11 is 0. The molecule has 0 saturated carbocycles. The number of likely N-dealkylation sites (N-methyl/N-ethyl adjacent to an activating group) is 1. The van der Waals surface area contributed by atoms with Crippen molar-refractivity contribution in [2.75, 3.05) is 14.1 Å². The van der Waals surface area contributed by atoms with E-state index in [1.165, 1.54) is 53.3 Å². The van der Waals surface area contributed by atoms with Crippen LogP contribution in [0, 0.1) is 11.3 Å². The smallest absolute Gasteiger partial charge is 0.108 e. The second-order valence-corrected chi connectivity index (χ2v) is 7.57. The lowest BCUT2D eigenvalue weighted by Gasteiger charge is -2.30. The monoisotopic (exact) mass is 368 g/mol. The van der Waals surface area contributed by atoms with Gasteiger partial charge in [0.1, 0.15) is 12.3 Å². The molecule has 1 aromatic heterocycles. The summed E-state index contributed by atoms with van der Waals surface area (Å²) < 4.78 is 4.58. The normalized spacial score (nSPS) is 15.7. The summed E-state index contributed by atoms with van der Waals surface area (Å²) in [5, 5.41) is 13.7. The van der Waals surface area contributed by atoms with Crippen LogP contribution in [0.25, 0.3) is 21.5 Å². The number of hydrogen-bond acceptors (Lipinski definition) is 3. The van der Waals surface area contributed by atoms with Crippen molar-refractivity contribution in [3.63, 3.8) is 0 Å². The second-order valence-electron chi connectivity index (χ2n) is 7.57. The quantitative estimate of drug-likeness (QED) is 0.413. The second kappa shape index (κ2) is 7.88. The summed E-state index contributed by atoms with van der Waals surface area (Å²) in [6.07, 6.45) is 6.54. The zero-order chi connectivity index (χ0) is 19.5. The minimum atomic E-state index is 0.569. The van der Waals surface area contributed by atoms with Gasteiger partial charge in [0.25, 0.3) is 0 Å². The molecule has 1 heterocycles. The molecule has 1 unspecified atom stereocenters. The number of hydrogen-bond donors (Lipinski definition) is 0. The third kappa shape index (κ3) is 3.52. The van der Waals surface area contributed by atoms with E-state index in [4.69, 9.17) is 5.26 Å². The van der Waals surface area contributed by atoms with Crippen molar-refractivity contribution in [3.8, 4) is 6.07 Å². The Balaban J connectivity index is 0.000000233. The van der Waals surface area contributed by atoms with Crippen LogP contribution >= 0.6 is 0 Å². The molecule has 140 valence electrons. The molecule has 0 amide bonds. The minimum absolute atomic E-state index is 0.569. The molecule has 0 spiro atoms. The van der Waals surface area contributed by atoms with Gasteiger partial charge in [-0.15, -0.1) is 0 Å². The average Bonchev–Trinajstić information content (AvgIpc) is 3.27. The average molecular weight is 368 g/mol. The molecule has 3 aromatic carbocycles. The Bertz CT molecular complexity index is 1140. The standard InChI is InChI=1S/C20H21N.C5H3NO/c1-21(2)16-10-7-15-9-11-18-17-6-4-3-5-14(17)8-12-19(18)20(15)13-16;6-3-5-1-2-7-4-5/h3-6,8-9,11-12,16H,7,10,13H2,1-2H3;1-2,4H. The van der Waals surface area contributed by atoms with Gasteiger partial charge in [0.2, 0.25) is 0 Å². The molecule has 0 radical (unpaired) electrons. The third-order valence-electron chi connectivity index (χ3n) is 5.70. The van der Waals surface area contributed by atoms with Crippen molar-refractivity contribution in [2.24, 2.45) is 0 Å². The van der Waals surface area contributed by atoms with Crippen LogP contribution in [0.15, 0.2) is 71.5 Å². The summed E-state index contributed by atoms with van der Waals surface area (Å²) in [7, 11) is 4.41. The Labute approximate surface area is 165 Å². The Kier molecular flexibility index (Phi) is 5.14. The first kappa shape index (κ1) is 18.3. The molecule has 1 atom stereocenters. The summed E-state index contributed by atoms with van der Waals surface area (Å²) in [6.45, 7) is 0. The van der Waals surface area contributed by atoms with Gasteiger partial charge >= 0.3 is 0 Å². The predicted octanol–water partition coefficient (Wildman–Crippen LogP) is 5.56. The van der Waals surface area contributed by atoms with E-state index in [9.17, 15) is 0 Å². The zero-order valence-electron chi connectivity index (χ0n) is 16.4.